The molecule has 0 aliphatic heterocycles. The standard InChI is InChI=1S/C26H42N4O4/c1-17-14-19(3)29(27-17)21(30-20(4)15-18(2)28-30)22(31)33-12-13-34-23(32)26(11,25(8,9)10)16-24(5,6)7/h14-15,21H,12-13,16H2,1-11H3. The molecule has 0 bridgehead atoms. The van der Waals surface area contributed by atoms with Crippen molar-refractivity contribution in [3.63, 3.8) is 0 Å². The molecule has 34 heavy (non-hydrogen) atoms. The van der Waals surface area contributed by atoms with Gasteiger partial charge in [-0.05, 0) is 64.0 Å². The molecule has 1 unspecified atom stereocenters. The van der Waals surface area contributed by atoms with E-state index in [2.05, 4.69) is 31.0 Å². The molecule has 0 saturated carbocycles. The number of rotatable bonds is 8. The molecule has 8 nitrogen and oxygen atoms in total. The second-order valence-corrected chi connectivity index (χ2v) is 11.7. The Bertz CT molecular complexity index is 976. The summed E-state index contributed by atoms with van der Waals surface area (Å²) in [7, 11) is 0. The Kier molecular flexibility index (Phi) is 8.05. The molecule has 0 N–H and O–H groups in total. The zero-order valence-corrected chi connectivity index (χ0v) is 22.8. The van der Waals surface area contributed by atoms with E-state index in [1.165, 1.54) is 0 Å². The van der Waals surface area contributed by atoms with Gasteiger partial charge in [0.2, 0.25) is 6.17 Å². The predicted molar refractivity (Wildman–Crippen MR) is 131 cm³/mol. The Labute approximate surface area is 204 Å². The van der Waals surface area contributed by atoms with Crippen molar-refractivity contribution in [3.8, 4) is 0 Å². The van der Waals surface area contributed by atoms with E-state index in [1.54, 1.807) is 9.36 Å². The number of nitrogens with zero attached hydrogens (tertiary/aromatic N) is 4. The minimum absolute atomic E-state index is 0.0126. The average Bonchev–Trinajstić information content (AvgIpc) is 3.16. The highest BCUT2D eigenvalue weighted by Gasteiger charge is 2.47. The Morgan fingerprint density at radius 2 is 1.26 bits per heavy atom. The summed E-state index contributed by atoms with van der Waals surface area (Å²) in [5, 5.41) is 8.96. The third-order valence-corrected chi connectivity index (χ3v) is 6.31. The first kappa shape index (κ1) is 27.6. The molecule has 8 heteroatoms. The van der Waals surface area contributed by atoms with Crippen LogP contribution in [0.2, 0.25) is 0 Å². The van der Waals surface area contributed by atoms with Gasteiger partial charge in [0.15, 0.2) is 0 Å². The van der Waals surface area contributed by atoms with E-state index >= 15 is 0 Å². The smallest absolute Gasteiger partial charge is 0.353 e. The highest BCUT2D eigenvalue weighted by Crippen LogP contribution is 2.47. The van der Waals surface area contributed by atoms with Gasteiger partial charge in [-0.25, -0.2) is 14.2 Å². The minimum atomic E-state index is -0.876. The maximum atomic E-state index is 13.2. The fourth-order valence-corrected chi connectivity index (χ4v) is 4.31. The lowest BCUT2D eigenvalue weighted by atomic mass is 9.61. The number of carbonyl (C=O) groups is 2. The first-order valence-corrected chi connectivity index (χ1v) is 11.9. The van der Waals surface area contributed by atoms with Crippen LogP contribution in [0.4, 0.5) is 0 Å². The van der Waals surface area contributed by atoms with Gasteiger partial charge in [0.25, 0.3) is 0 Å². The summed E-state index contributed by atoms with van der Waals surface area (Å²) in [6, 6.07) is 3.80. The summed E-state index contributed by atoms with van der Waals surface area (Å²) in [5.41, 5.74) is 2.23. The van der Waals surface area contributed by atoms with Gasteiger partial charge >= 0.3 is 11.9 Å². The van der Waals surface area contributed by atoms with Crippen molar-refractivity contribution >= 4 is 11.9 Å². The van der Waals surface area contributed by atoms with Crippen molar-refractivity contribution in [1.82, 2.24) is 19.6 Å². The molecule has 2 aromatic rings. The lowest BCUT2D eigenvalue weighted by Crippen LogP contribution is -2.44. The largest absolute Gasteiger partial charge is 0.462 e. The van der Waals surface area contributed by atoms with Gasteiger partial charge in [-0.2, -0.15) is 10.2 Å². The van der Waals surface area contributed by atoms with Crippen LogP contribution in [0.1, 0.15) is 83.8 Å². The lowest BCUT2D eigenvalue weighted by molar-refractivity contribution is -0.169. The van der Waals surface area contributed by atoms with E-state index < -0.39 is 17.6 Å². The van der Waals surface area contributed by atoms with Gasteiger partial charge in [-0.1, -0.05) is 41.5 Å². The third kappa shape index (κ3) is 6.27. The van der Waals surface area contributed by atoms with E-state index in [9.17, 15) is 9.59 Å². The maximum Gasteiger partial charge on any atom is 0.353 e. The summed E-state index contributed by atoms with van der Waals surface area (Å²) in [6.45, 7) is 21.9. The summed E-state index contributed by atoms with van der Waals surface area (Å²) >= 11 is 0. The van der Waals surface area contributed by atoms with Crippen molar-refractivity contribution in [2.75, 3.05) is 13.2 Å². The summed E-state index contributed by atoms with van der Waals surface area (Å²) in [5.74, 6) is -0.790. The van der Waals surface area contributed by atoms with Crippen molar-refractivity contribution < 1.29 is 19.1 Å². The molecule has 0 spiro atoms. The lowest BCUT2D eigenvalue weighted by Gasteiger charge is -2.43. The van der Waals surface area contributed by atoms with Crippen LogP contribution in [0.15, 0.2) is 12.1 Å². The van der Waals surface area contributed by atoms with Crippen LogP contribution in [-0.2, 0) is 19.1 Å². The van der Waals surface area contributed by atoms with Crippen molar-refractivity contribution in [2.45, 2.75) is 88.7 Å². The normalized spacial score (nSPS) is 14.2. The Morgan fingerprint density at radius 1 is 0.824 bits per heavy atom. The van der Waals surface area contributed by atoms with Crippen LogP contribution < -0.4 is 0 Å². The van der Waals surface area contributed by atoms with Gasteiger partial charge in [0, 0.05) is 11.4 Å². The van der Waals surface area contributed by atoms with Gasteiger partial charge in [0.05, 0.1) is 16.8 Å². The van der Waals surface area contributed by atoms with Crippen LogP contribution >= 0.6 is 0 Å². The van der Waals surface area contributed by atoms with Gasteiger partial charge in [-0.3, -0.25) is 4.79 Å². The van der Waals surface area contributed by atoms with E-state index in [0.717, 1.165) is 22.8 Å². The topological polar surface area (TPSA) is 88.2 Å². The molecule has 0 aromatic carbocycles. The van der Waals surface area contributed by atoms with Gasteiger partial charge < -0.3 is 9.47 Å². The number of hydrogen-bond acceptors (Lipinski definition) is 6. The second kappa shape index (κ2) is 9.92. The molecule has 0 aliphatic rings. The molecule has 0 aliphatic carbocycles. The average molecular weight is 475 g/mol. The van der Waals surface area contributed by atoms with Crippen molar-refractivity contribution in [1.29, 1.82) is 0 Å². The second-order valence-electron chi connectivity index (χ2n) is 11.7. The highest BCUT2D eigenvalue weighted by atomic mass is 16.6. The van der Waals surface area contributed by atoms with E-state index in [-0.39, 0.29) is 30.0 Å². The van der Waals surface area contributed by atoms with E-state index in [1.807, 2.05) is 67.5 Å². The van der Waals surface area contributed by atoms with Crippen LogP contribution in [-0.4, -0.2) is 44.7 Å². The summed E-state index contributed by atoms with van der Waals surface area (Å²) < 4.78 is 14.4. The molecule has 0 saturated heterocycles. The first-order chi connectivity index (χ1) is 15.5. The highest BCUT2D eigenvalue weighted by molar-refractivity contribution is 5.77. The first-order valence-electron chi connectivity index (χ1n) is 11.9. The summed E-state index contributed by atoms with van der Waals surface area (Å²) in [6.07, 6.45) is -0.195. The Balaban J connectivity index is 2.12. The van der Waals surface area contributed by atoms with Gasteiger partial charge in [0.1, 0.15) is 13.2 Å². The van der Waals surface area contributed by atoms with Crippen molar-refractivity contribution in [3.05, 3.63) is 34.9 Å². The molecular weight excluding hydrogens is 432 g/mol. The number of ether oxygens (including phenoxy) is 2. The Morgan fingerprint density at radius 3 is 1.62 bits per heavy atom. The van der Waals surface area contributed by atoms with E-state index in [4.69, 9.17) is 9.47 Å². The van der Waals surface area contributed by atoms with Crippen LogP contribution in [0.25, 0.3) is 0 Å². The fraction of sp³-hybridized carbons (Fsp3) is 0.692. The minimum Gasteiger partial charge on any atom is -0.462 e. The van der Waals surface area contributed by atoms with Crippen LogP contribution in [0.5, 0.6) is 0 Å². The molecule has 1 atom stereocenters. The number of carbonyl (C=O) groups excluding carboxylic acids is 2. The van der Waals surface area contributed by atoms with Crippen molar-refractivity contribution in [2.24, 2.45) is 16.2 Å². The molecule has 2 rings (SSSR count). The molecule has 0 fully saturated rings. The SMILES string of the molecule is Cc1cc(C)n(C(C(=O)OCCOC(=O)C(C)(CC(C)(C)C)C(C)(C)C)n2nc(C)cc2C)n1. The monoisotopic (exact) mass is 474 g/mol. The molecule has 0 amide bonds. The van der Waals surface area contributed by atoms with Crippen LogP contribution in [0.3, 0.4) is 0 Å². The van der Waals surface area contributed by atoms with Crippen LogP contribution in [0, 0.1) is 43.9 Å². The number of aryl methyl sites for hydroxylation is 4. The zero-order chi connectivity index (χ0) is 26.1. The predicted octanol–water partition coefficient (Wildman–Crippen LogP) is 4.94. The fourth-order valence-electron chi connectivity index (χ4n) is 4.31. The number of hydrogen-bond donors (Lipinski definition) is 0. The molecule has 2 heterocycles. The van der Waals surface area contributed by atoms with Gasteiger partial charge in [-0.15, -0.1) is 0 Å². The number of aromatic nitrogens is 4. The summed E-state index contributed by atoms with van der Waals surface area (Å²) in [4.78, 5) is 26.3. The maximum absolute atomic E-state index is 13.2. The quantitative estimate of drug-likeness (QED) is 0.398. The number of esters is 2. The molecule has 190 valence electrons. The zero-order valence-electron chi connectivity index (χ0n) is 22.8. The Hall–Kier alpha value is -2.64. The van der Waals surface area contributed by atoms with E-state index in [0.29, 0.717) is 6.42 Å². The molecule has 2 aromatic heterocycles. The third-order valence-electron chi connectivity index (χ3n) is 6.31. The molecular formula is C26H42N4O4. The molecule has 0 radical (unpaired) electrons.